The van der Waals surface area contributed by atoms with E-state index in [-0.39, 0.29) is 0 Å². The van der Waals surface area contributed by atoms with Crippen LogP contribution in [-0.4, -0.2) is 13.1 Å². The summed E-state index contributed by atoms with van der Waals surface area (Å²) in [5.74, 6) is 0.535. The predicted octanol–water partition coefficient (Wildman–Crippen LogP) is 4.11. The SMILES string of the molecule is CC1=C(C)C2C(C=C1)c1ccc(C)c(C)c1N2C. The summed E-state index contributed by atoms with van der Waals surface area (Å²) in [5, 5.41) is 0. The number of benzene rings is 1. The Hall–Kier alpha value is -1.50. The maximum Gasteiger partial charge on any atom is 0.0606 e. The average Bonchev–Trinajstić information content (AvgIpc) is 2.63. The van der Waals surface area contributed by atoms with Gasteiger partial charge in [0.2, 0.25) is 0 Å². The minimum atomic E-state index is 0.519. The van der Waals surface area contributed by atoms with Crippen LogP contribution >= 0.6 is 0 Å². The molecule has 0 radical (unpaired) electrons. The van der Waals surface area contributed by atoms with Crippen LogP contribution in [0.5, 0.6) is 0 Å². The molecule has 2 atom stereocenters. The molecular weight excluding hydrogens is 218 g/mol. The summed E-state index contributed by atoms with van der Waals surface area (Å²) in [7, 11) is 2.24. The second-order valence-corrected chi connectivity index (χ2v) is 5.75. The summed E-state index contributed by atoms with van der Waals surface area (Å²) in [4.78, 5) is 2.48. The van der Waals surface area contributed by atoms with Crippen molar-refractivity contribution in [3.8, 4) is 0 Å². The first-order valence-corrected chi connectivity index (χ1v) is 6.71. The van der Waals surface area contributed by atoms with Gasteiger partial charge in [0.25, 0.3) is 0 Å². The van der Waals surface area contributed by atoms with Gasteiger partial charge < -0.3 is 4.90 Å². The molecule has 1 aromatic carbocycles. The second-order valence-electron chi connectivity index (χ2n) is 5.75. The van der Waals surface area contributed by atoms with Gasteiger partial charge in [-0.2, -0.15) is 0 Å². The molecular formula is C17H21N. The number of hydrogen-bond donors (Lipinski definition) is 0. The maximum absolute atomic E-state index is 2.48. The lowest BCUT2D eigenvalue weighted by Gasteiger charge is -2.30. The Labute approximate surface area is 110 Å². The van der Waals surface area contributed by atoms with Gasteiger partial charge in [0, 0.05) is 18.7 Å². The number of aryl methyl sites for hydroxylation is 1. The summed E-state index contributed by atoms with van der Waals surface area (Å²) in [6.07, 6.45) is 4.67. The summed E-state index contributed by atoms with van der Waals surface area (Å²) in [6.45, 7) is 8.95. The second kappa shape index (κ2) is 3.74. The highest BCUT2D eigenvalue weighted by Gasteiger charge is 2.38. The van der Waals surface area contributed by atoms with E-state index < -0.39 is 0 Å². The lowest BCUT2D eigenvalue weighted by molar-refractivity contribution is 0.678. The molecule has 0 aromatic heterocycles. The van der Waals surface area contributed by atoms with Crippen LogP contribution < -0.4 is 4.90 Å². The molecule has 0 amide bonds. The van der Waals surface area contributed by atoms with E-state index in [0.29, 0.717) is 12.0 Å². The van der Waals surface area contributed by atoms with Crippen molar-refractivity contribution >= 4 is 5.69 Å². The fourth-order valence-corrected chi connectivity index (χ4v) is 3.49. The van der Waals surface area contributed by atoms with Crippen LogP contribution in [0.2, 0.25) is 0 Å². The minimum Gasteiger partial charge on any atom is -0.366 e. The maximum atomic E-state index is 2.48. The number of fused-ring (bicyclic) bond motifs is 3. The Morgan fingerprint density at radius 3 is 2.50 bits per heavy atom. The topological polar surface area (TPSA) is 3.24 Å². The van der Waals surface area contributed by atoms with E-state index >= 15 is 0 Å². The smallest absolute Gasteiger partial charge is 0.0606 e. The predicted molar refractivity (Wildman–Crippen MR) is 78.4 cm³/mol. The summed E-state index contributed by atoms with van der Waals surface area (Å²) in [6, 6.07) is 5.10. The van der Waals surface area contributed by atoms with Crippen molar-refractivity contribution in [2.24, 2.45) is 0 Å². The zero-order valence-electron chi connectivity index (χ0n) is 11.9. The molecule has 18 heavy (non-hydrogen) atoms. The van der Waals surface area contributed by atoms with Crippen molar-refractivity contribution in [2.45, 2.75) is 39.7 Å². The van der Waals surface area contributed by atoms with Gasteiger partial charge in [-0.1, -0.05) is 29.9 Å². The lowest BCUT2D eigenvalue weighted by Crippen LogP contribution is -2.33. The minimum absolute atomic E-state index is 0.519. The first-order chi connectivity index (χ1) is 8.52. The van der Waals surface area contributed by atoms with Crippen molar-refractivity contribution < 1.29 is 0 Å². The van der Waals surface area contributed by atoms with E-state index in [2.05, 4.69) is 63.9 Å². The van der Waals surface area contributed by atoms with Crippen molar-refractivity contribution in [3.05, 3.63) is 52.1 Å². The van der Waals surface area contributed by atoms with E-state index in [4.69, 9.17) is 0 Å². The molecule has 94 valence electrons. The van der Waals surface area contributed by atoms with Crippen LogP contribution in [0.4, 0.5) is 5.69 Å². The van der Waals surface area contributed by atoms with Crippen molar-refractivity contribution in [1.29, 1.82) is 0 Å². The normalized spacial score (nSPS) is 25.5. The number of rotatable bonds is 0. The van der Waals surface area contributed by atoms with E-state index in [1.807, 2.05) is 0 Å². The van der Waals surface area contributed by atoms with E-state index in [0.717, 1.165) is 0 Å². The van der Waals surface area contributed by atoms with Crippen LogP contribution in [0.15, 0.2) is 35.4 Å². The highest BCUT2D eigenvalue weighted by Crippen LogP contribution is 2.48. The first-order valence-electron chi connectivity index (χ1n) is 6.71. The number of likely N-dealkylation sites (N-methyl/N-ethyl adjacent to an activating group) is 1. The van der Waals surface area contributed by atoms with Crippen LogP contribution in [0, 0.1) is 13.8 Å². The third-order valence-electron chi connectivity index (χ3n) is 4.82. The van der Waals surface area contributed by atoms with Crippen molar-refractivity contribution in [3.63, 3.8) is 0 Å². The van der Waals surface area contributed by atoms with E-state index in [1.54, 1.807) is 0 Å². The zero-order valence-corrected chi connectivity index (χ0v) is 11.9. The number of hydrogen-bond acceptors (Lipinski definition) is 1. The lowest BCUT2D eigenvalue weighted by atomic mass is 9.84. The molecule has 1 nitrogen and oxygen atoms in total. The fraction of sp³-hybridized carbons (Fsp3) is 0.412. The van der Waals surface area contributed by atoms with Gasteiger partial charge in [0.1, 0.15) is 0 Å². The van der Waals surface area contributed by atoms with Crippen LogP contribution in [-0.2, 0) is 0 Å². The van der Waals surface area contributed by atoms with E-state index in [1.165, 1.54) is 33.5 Å². The van der Waals surface area contributed by atoms with Gasteiger partial charge in [-0.05, 0) is 50.0 Å². The van der Waals surface area contributed by atoms with Crippen molar-refractivity contribution in [2.75, 3.05) is 11.9 Å². The van der Waals surface area contributed by atoms with Crippen LogP contribution in [0.25, 0.3) is 0 Å². The van der Waals surface area contributed by atoms with Gasteiger partial charge >= 0.3 is 0 Å². The first kappa shape index (κ1) is 11.6. The number of anilines is 1. The van der Waals surface area contributed by atoms with Gasteiger partial charge in [-0.3, -0.25) is 0 Å². The molecule has 1 aliphatic heterocycles. The molecule has 0 spiro atoms. The van der Waals surface area contributed by atoms with Gasteiger partial charge in [-0.25, -0.2) is 0 Å². The highest BCUT2D eigenvalue weighted by atomic mass is 15.2. The monoisotopic (exact) mass is 239 g/mol. The third-order valence-corrected chi connectivity index (χ3v) is 4.82. The Balaban J connectivity index is 2.21. The summed E-state index contributed by atoms with van der Waals surface area (Å²) < 4.78 is 0. The Morgan fingerprint density at radius 1 is 1.06 bits per heavy atom. The van der Waals surface area contributed by atoms with Crippen molar-refractivity contribution in [1.82, 2.24) is 0 Å². The van der Waals surface area contributed by atoms with Gasteiger partial charge in [0.15, 0.2) is 0 Å². The third kappa shape index (κ3) is 1.33. The largest absolute Gasteiger partial charge is 0.366 e. The molecule has 2 aliphatic rings. The number of allylic oxidation sites excluding steroid dienone is 2. The van der Waals surface area contributed by atoms with Gasteiger partial charge in [0.05, 0.1) is 6.04 Å². The van der Waals surface area contributed by atoms with Gasteiger partial charge in [-0.15, -0.1) is 0 Å². The molecule has 1 heteroatoms. The molecule has 0 fully saturated rings. The molecule has 1 aliphatic carbocycles. The molecule has 1 heterocycles. The number of nitrogens with zero attached hydrogens (tertiary/aromatic N) is 1. The summed E-state index contributed by atoms with van der Waals surface area (Å²) in [5.41, 5.74) is 8.70. The Kier molecular flexibility index (Phi) is 2.41. The molecule has 1 aromatic rings. The fourth-order valence-electron chi connectivity index (χ4n) is 3.49. The molecule has 2 unspecified atom stereocenters. The highest BCUT2D eigenvalue weighted by molar-refractivity contribution is 5.71. The Morgan fingerprint density at radius 2 is 1.78 bits per heavy atom. The Bertz CT molecular complexity index is 578. The molecule has 3 rings (SSSR count). The standard InChI is InChI=1S/C17H21N/c1-10-6-8-14-15-9-7-11(2)13(4)17(15)18(5)16(14)12(10)3/h6-9,14,16H,1-5H3. The quantitative estimate of drug-likeness (QED) is 0.658. The zero-order chi connectivity index (χ0) is 13.0. The molecule has 0 saturated carbocycles. The van der Waals surface area contributed by atoms with E-state index in [9.17, 15) is 0 Å². The summed E-state index contributed by atoms with van der Waals surface area (Å²) >= 11 is 0. The average molecular weight is 239 g/mol. The molecule has 0 saturated heterocycles. The molecule has 0 bridgehead atoms. The van der Waals surface area contributed by atoms with Crippen LogP contribution in [0.1, 0.15) is 36.5 Å². The molecule has 0 N–H and O–H groups in total. The van der Waals surface area contributed by atoms with Crippen LogP contribution in [0.3, 0.4) is 0 Å².